The highest BCUT2D eigenvalue weighted by Crippen LogP contribution is 2.38. The highest BCUT2D eigenvalue weighted by Gasteiger charge is 2.48. The maximum Gasteiger partial charge on any atom is 0.243 e. The van der Waals surface area contributed by atoms with Gasteiger partial charge < -0.3 is 0 Å². The van der Waals surface area contributed by atoms with Crippen LogP contribution in [0.1, 0.15) is 25.7 Å². The summed E-state index contributed by atoms with van der Waals surface area (Å²) in [7, 11) is -3.68. The van der Waals surface area contributed by atoms with Crippen LogP contribution in [0.3, 0.4) is 0 Å². The van der Waals surface area contributed by atoms with Gasteiger partial charge in [0.25, 0.3) is 0 Å². The van der Waals surface area contributed by atoms with Crippen molar-refractivity contribution >= 4 is 21.8 Å². The average Bonchev–Trinajstić information content (AvgIpc) is 2.94. The molecule has 0 radical (unpaired) electrons. The molecule has 2 atom stereocenters. The van der Waals surface area contributed by atoms with Gasteiger partial charge in [-0.1, -0.05) is 12.8 Å². The van der Waals surface area contributed by atoms with Gasteiger partial charge in [-0.05, 0) is 37.1 Å². The van der Waals surface area contributed by atoms with Crippen LogP contribution in [0, 0.1) is 17.7 Å². The van der Waals surface area contributed by atoms with Crippen molar-refractivity contribution in [3.63, 3.8) is 0 Å². The molecular formula is C19H24FN3O4S. The van der Waals surface area contributed by atoms with Crippen LogP contribution in [-0.2, 0) is 19.6 Å². The summed E-state index contributed by atoms with van der Waals surface area (Å²) in [5.41, 5.74) is 0. The first kappa shape index (κ1) is 19.5. The number of hydrogen-bond acceptors (Lipinski definition) is 5. The summed E-state index contributed by atoms with van der Waals surface area (Å²) in [6.45, 7) is 1.64. The summed E-state index contributed by atoms with van der Waals surface area (Å²) in [5.74, 6) is -0.959. The third-order valence-corrected chi connectivity index (χ3v) is 7.97. The molecule has 0 spiro atoms. The van der Waals surface area contributed by atoms with Crippen LogP contribution in [0.5, 0.6) is 0 Å². The van der Waals surface area contributed by atoms with Crippen molar-refractivity contribution in [2.24, 2.45) is 11.8 Å². The molecule has 152 valence electrons. The van der Waals surface area contributed by atoms with Crippen LogP contribution in [-0.4, -0.2) is 67.2 Å². The second-order valence-electron chi connectivity index (χ2n) is 7.72. The number of halogens is 1. The summed E-state index contributed by atoms with van der Waals surface area (Å²) in [4.78, 5) is 28.6. The molecule has 1 aromatic carbocycles. The minimum Gasteiger partial charge on any atom is -0.283 e. The highest BCUT2D eigenvalue weighted by molar-refractivity contribution is 7.89. The molecule has 3 aliphatic rings. The number of rotatable bonds is 4. The third-order valence-electron chi connectivity index (χ3n) is 6.06. The number of carbonyl (C=O) groups excluding carboxylic acids is 2. The molecule has 2 saturated heterocycles. The molecule has 0 unspecified atom stereocenters. The lowest BCUT2D eigenvalue weighted by Gasteiger charge is -2.35. The van der Waals surface area contributed by atoms with E-state index < -0.39 is 15.8 Å². The van der Waals surface area contributed by atoms with Gasteiger partial charge in [-0.3, -0.25) is 19.4 Å². The van der Waals surface area contributed by atoms with E-state index in [9.17, 15) is 22.4 Å². The van der Waals surface area contributed by atoms with Crippen molar-refractivity contribution in [1.82, 2.24) is 14.1 Å². The fourth-order valence-corrected chi connectivity index (χ4v) is 5.86. The lowest BCUT2D eigenvalue weighted by Crippen LogP contribution is -2.52. The van der Waals surface area contributed by atoms with E-state index in [-0.39, 0.29) is 48.3 Å². The second kappa shape index (κ2) is 7.53. The SMILES string of the molecule is O=C1[C@@H]2CCCC[C@H]2C(=O)N1CN1CCN(S(=O)(=O)c2ccc(F)cc2)CC1. The van der Waals surface area contributed by atoms with E-state index in [0.29, 0.717) is 13.1 Å². The lowest BCUT2D eigenvalue weighted by atomic mass is 9.81. The number of hydrogen-bond donors (Lipinski definition) is 0. The Hall–Kier alpha value is -1.84. The van der Waals surface area contributed by atoms with Gasteiger partial charge in [0.05, 0.1) is 23.4 Å². The Balaban J connectivity index is 1.37. The van der Waals surface area contributed by atoms with E-state index in [1.165, 1.54) is 21.3 Å². The molecule has 0 N–H and O–H groups in total. The minimum absolute atomic E-state index is 0.0660. The van der Waals surface area contributed by atoms with Crippen molar-refractivity contribution in [3.05, 3.63) is 30.1 Å². The first-order valence-corrected chi connectivity index (χ1v) is 11.2. The first-order chi connectivity index (χ1) is 13.4. The van der Waals surface area contributed by atoms with Crippen molar-refractivity contribution in [2.45, 2.75) is 30.6 Å². The van der Waals surface area contributed by atoms with E-state index >= 15 is 0 Å². The van der Waals surface area contributed by atoms with Crippen LogP contribution in [0.25, 0.3) is 0 Å². The molecule has 2 amide bonds. The monoisotopic (exact) mass is 409 g/mol. The Kier molecular flexibility index (Phi) is 5.24. The topological polar surface area (TPSA) is 78.0 Å². The first-order valence-electron chi connectivity index (χ1n) is 9.71. The third kappa shape index (κ3) is 3.46. The number of likely N-dealkylation sites (tertiary alicyclic amines) is 1. The Morgan fingerprint density at radius 1 is 0.893 bits per heavy atom. The number of carbonyl (C=O) groups is 2. The summed E-state index contributed by atoms with van der Waals surface area (Å²) in [6.07, 6.45) is 3.56. The van der Waals surface area contributed by atoms with Crippen molar-refractivity contribution in [2.75, 3.05) is 32.8 Å². The maximum absolute atomic E-state index is 13.1. The Bertz CT molecular complexity index is 842. The number of sulfonamides is 1. The lowest BCUT2D eigenvalue weighted by molar-refractivity contribution is -0.142. The quantitative estimate of drug-likeness (QED) is 0.700. The summed E-state index contributed by atoms with van der Waals surface area (Å²) < 4.78 is 39.8. The van der Waals surface area contributed by atoms with Gasteiger partial charge in [-0.25, -0.2) is 12.8 Å². The van der Waals surface area contributed by atoms with Crippen molar-refractivity contribution < 1.29 is 22.4 Å². The zero-order valence-corrected chi connectivity index (χ0v) is 16.4. The number of benzene rings is 1. The normalized spacial score (nSPS) is 27.2. The highest BCUT2D eigenvalue weighted by atomic mass is 32.2. The predicted octanol–water partition coefficient (Wildman–Crippen LogP) is 1.26. The molecule has 1 aromatic rings. The molecule has 4 rings (SSSR count). The van der Waals surface area contributed by atoms with Gasteiger partial charge in [-0.2, -0.15) is 4.31 Å². The van der Waals surface area contributed by atoms with Gasteiger partial charge >= 0.3 is 0 Å². The van der Waals surface area contributed by atoms with Crippen molar-refractivity contribution in [1.29, 1.82) is 0 Å². The van der Waals surface area contributed by atoms with Crippen molar-refractivity contribution in [3.8, 4) is 0 Å². The van der Waals surface area contributed by atoms with Gasteiger partial charge in [0.1, 0.15) is 5.82 Å². The zero-order chi connectivity index (χ0) is 19.9. The van der Waals surface area contributed by atoms with E-state index in [0.717, 1.165) is 37.8 Å². The van der Waals surface area contributed by atoms with Crippen LogP contribution in [0.4, 0.5) is 4.39 Å². The largest absolute Gasteiger partial charge is 0.283 e. The van der Waals surface area contributed by atoms with Crippen LogP contribution >= 0.6 is 0 Å². The molecule has 9 heteroatoms. The molecule has 3 fully saturated rings. The molecular weight excluding hydrogens is 385 g/mol. The number of piperazine rings is 1. The Morgan fingerprint density at radius 2 is 1.43 bits per heavy atom. The number of fused-ring (bicyclic) bond motifs is 1. The zero-order valence-electron chi connectivity index (χ0n) is 15.6. The summed E-state index contributed by atoms with van der Waals surface area (Å²) >= 11 is 0. The summed E-state index contributed by atoms with van der Waals surface area (Å²) in [6, 6.07) is 4.79. The van der Waals surface area contributed by atoms with Crippen LogP contribution in [0.15, 0.2) is 29.2 Å². The molecule has 7 nitrogen and oxygen atoms in total. The molecule has 1 saturated carbocycles. The molecule has 2 aliphatic heterocycles. The number of nitrogens with zero attached hydrogens (tertiary/aromatic N) is 3. The average molecular weight is 409 g/mol. The number of amides is 2. The second-order valence-corrected chi connectivity index (χ2v) is 9.66. The smallest absolute Gasteiger partial charge is 0.243 e. The van der Waals surface area contributed by atoms with E-state index in [1.807, 2.05) is 4.90 Å². The van der Waals surface area contributed by atoms with Crippen LogP contribution < -0.4 is 0 Å². The standard InChI is InChI=1S/C19H24FN3O4S/c20-14-5-7-15(8-6-14)28(26,27)22-11-9-21(10-12-22)13-23-18(24)16-3-1-2-4-17(16)19(23)25/h5-8,16-17H,1-4,9-13H2/t16-,17-/m1/s1. The molecule has 2 heterocycles. The van der Waals surface area contributed by atoms with E-state index in [1.54, 1.807) is 0 Å². The Morgan fingerprint density at radius 3 is 1.96 bits per heavy atom. The van der Waals surface area contributed by atoms with Gasteiger partial charge in [-0.15, -0.1) is 0 Å². The fourth-order valence-electron chi connectivity index (χ4n) is 4.44. The summed E-state index contributed by atoms with van der Waals surface area (Å²) in [5, 5.41) is 0. The van der Waals surface area contributed by atoms with Gasteiger partial charge in [0.2, 0.25) is 21.8 Å². The van der Waals surface area contributed by atoms with E-state index in [2.05, 4.69) is 0 Å². The van der Waals surface area contributed by atoms with Gasteiger partial charge in [0, 0.05) is 26.2 Å². The molecule has 0 bridgehead atoms. The fraction of sp³-hybridized carbons (Fsp3) is 0.579. The predicted molar refractivity (Wildman–Crippen MR) is 98.9 cm³/mol. The minimum atomic E-state index is -3.68. The van der Waals surface area contributed by atoms with Crippen LogP contribution in [0.2, 0.25) is 0 Å². The molecule has 28 heavy (non-hydrogen) atoms. The van der Waals surface area contributed by atoms with Gasteiger partial charge in [0.15, 0.2) is 0 Å². The molecule has 0 aromatic heterocycles. The molecule has 1 aliphatic carbocycles. The number of imide groups is 1. The maximum atomic E-state index is 13.1. The Labute approximate surface area is 164 Å². The van der Waals surface area contributed by atoms with E-state index in [4.69, 9.17) is 0 Å².